The maximum atomic E-state index is 10.9. The number of aromatic carboxylic acids is 1. The molecule has 0 bridgehead atoms. The summed E-state index contributed by atoms with van der Waals surface area (Å²) in [6.45, 7) is 4.06. The molecule has 0 spiro atoms. The monoisotopic (exact) mass is 238 g/mol. The largest absolute Gasteiger partial charge is 0.478 e. The van der Waals surface area contributed by atoms with Crippen molar-refractivity contribution in [2.24, 2.45) is 0 Å². The number of benzene rings is 1. The lowest BCUT2D eigenvalue weighted by Gasteiger charge is -2.07. The van der Waals surface area contributed by atoms with Gasteiger partial charge in [0.1, 0.15) is 0 Å². The van der Waals surface area contributed by atoms with Crippen molar-refractivity contribution in [3.63, 3.8) is 0 Å². The van der Waals surface area contributed by atoms with E-state index in [1.54, 1.807) is 17.8 Å². The lowest BCUT2D eigenvalue weighted by molar-refractivity contribution is 0.0696. The molecule has 0 radical (unpaired) electrons. The van der Waals surface area contributed by atoms with E-state index in [9.17, 15) is 4.79 Å². The Morgan fingerprint density at radius 2 is 2.12 bits per heavy atom. The molecule has 88 valence electrons. The molecule has 2 nitrogen and oxygen atoms in total. The fourth-order valence-electron chi connectivity index (χ4n) is 1.54. The van der Waals surface area contributed by atoms with E-state index in [-0.39, 0.29) is 0 Å². The Morgan fingerprint density at radius 3 is 2.75 bits per heavy atom. The van der Waals surface area contributed by atoms with E-state index in [1.165, 1.54) is 19.3 Å². The first kappa shape index (κ1) is 13.1. The minimum atomic E-state index is -0.839. The van der Waals surface area contributed by atoms with E-state index in [0.29, 0.717) is 5.56 Å². The van der Waals surface area contributed by atoms with Gasteiger partial charge in [-0.2, -0.15) is 0 Å². The molecule has 1 aromatic rings. The molecule has 0 aliphatic carbocycles. The van der Waals surface area contributed by atoms with Gasteiger partial charge in [0, 0.05) is 4.90 Å². The summed E-state index contributed by atoms with van der Waals surface area (Å²) in [7, 11) is 0. The minimum Gasteiger partial charge on any atom is -0.478 e. The average molecular weight is 238 g/mol. The number of unbranched alkanes of at least 4 members (excludes halogenated alkanes) is 2. The maximum Gasteiger partial charge on any atom is 0.335 e. The van der Waals surface area contributed by atoms with E-state index in [0.717, 1.165) is 16.2 Å². The smallest absolute Gasteiger partial charge is 0.335 e. The number of hydrogen-bond acceptors (Lipinski definition) is 2. The Kier molecular flexibility index (Phi) is 5.39. The summed E-state index contributed by atoms with van der Waals surface area (Å²) in [6.07, 6.45) is 3.65. The highest BCUT2D eigenvalue weighted by atomic mass is 32.2. The second-order valence-corrected chi connectivity index (χ2v) is 4.93. The van der Waals surface area contributed by atoms with Crippen LogP contribution in [0.2, 0.25) is 0 Å². The van der Waals surface area contributed by atoms with Crippen molar-refractivity contribution in [3.8, 4) is 0 Å². The second-order valence-electron chi connectivity index (χ2n) is 3.79. The van der Waals surface area contributed by atoms with Crippen molar-refractivity contribution >= 4 is 17.7 Å². The summed E-state index contributed by atoms with van der Waals surface area (Å²) < 4.78 is 0. The van der Waals surface area contributed by atoms with Crippen molar-refractivity contribution in [1.29, 1.82) is 0 Å². The maximum absolute atomic E-state index is 10.9. The van der Waals surface area contributed by atoms with Crippen molar-refractivity contribution in [2.45, 2.75) is 38.0 Å². The van der Waals surface area contributed by atoms with Crippen LogP contribution in [0.1, 0.15) is 42.1 Å². The highest BCUT2D eigenvalue weighted by Gasteiger charge is 2.09. The minimum absolute atomic E-state index is 0.417. The van der Waals surface area contributed by atoms with Gasteiger partial charge in [0.05, 0.1) is 5.56 Å². The number of carboxylic acid groups (broad SMARTS) is 1. The van der Waals surface area contributed by atoms with Crippen LogP contribution >= 0.6 is 11.8 Å². The van der Waals surface area contributed by atoms with Crippen molar-refractivity contribution in [3.05, 3.63) is 29.3 Å². The fraction of sp³-hybridized carbons (Fsp3) is 0.462. The fourth-order valence-corrected chi connectivity index (χ4v) is 2.61. The highest BCUT2D eigenvalue weighted by Crippen LogP contribution is 2.25. The van der Waals surface area contributed by atoms with Crippen LogP contribution in [0, 0.1) is 6.92 Å². The Hall–Kier alpha value is -0.960. The Bertz CT molecular complexity index is 361. The molecule has 0 saturated carbocycles. The summed E-state index contributed by atoms with van der Waals surface area (Å²) in [5.41, 5.74) is 1.30. The van der Waals surface area contributed by atoms with Crippen LogP contribution in [0.25, 0.3) is 0 Å². The van der Waals surface area contributed by atoms with Gasteiger partial charge in [-0.25, -0.2) is 4.79 Å². The Morgan fingerprint density at radius 1 is 1.38 bits per heavy atom. The molecule has 0 heterocycles. The predicted octanol–water partition coefficient (Wildman–Crippen LogP) is 3.98. The summed E-state index contributed by atoms with van der Waals surface area (Å²) in [4.78, 5) is 12.0. The third kappa shape index (κ3) is 3.56. The third-order valence-electron chi connectivity index (χ3n) is 2.52. The zero-order valence-electron chi connectivity index (χ0n) is 9.82. The van der Waals surface area contributed by atoms with Gasteiger partial charge in [-0.05, 0) is 36.8 Å². The van der Waals surface area contributed by atoms with Crippen LogP contribution in [-0.2, 0) is 0 Å². The van der Waals surface area contributed by atoms with E-state index < -0.39 is 5.97 Å². The topological polar surface area (TPSA) is 37.3 Å². The van der Waals surface area contributed by atoms with Gasteiger partial charge in [0.25, 0.3) is 0 Å². The molecule has 1 N–H and O–H groups in total. The van der Waals surface area contributed by atoms with E-state index in [4.69, 9.17) is 5.11 Å². The molecule has 0 aliphatic heterocycles. The number of rotatable bonds is 6. The molecule has 16 heavy (non-hydrogen) atoms. The zero-order valence-corrected chi connectivity index (χ0v) is 10.6. The van der Waals surface area contributed by atoms with Crippen LogP contribution in [0.15, 0.2) is 23.1 Å². The second kappa shape index (κ2) is 6.59. The molecule has 0 aliphatic rings. The quantitative estimate of drug-likeness (QED) is 0.601. The van der Waals surface area contributed by atoms with Crippen molar-refractivity contribution in [1.82, 2.24) is 0 Å². The first-order valence-corrected chi connectivity index (χ1v) is 6.61. The molecule has 0 unspecified atom stereocenters. The molecule has 0 saturated heterocycles. The van der Waals surface area contributed by atoms with Gasteiger partial charge >= 0.3 is 5.97 Å². The molecule has 0 amide bonds. The molecular weight excluding hydrogens is 220 g/mol. The SMILES string of the molecule is CCCCCSc1cccc(C(=O)O)c1C. The van der Waals surface area contributed by atoms with Crippen LogP contribution in [0.4, 0.5) is 0 Å². The summed E-state index contributed by atoms with van der Waals surface area (Å²) >= 11 is 1.76. The van der Waals surface area contributed by atoms with Crippen LogP contribution in [-0.4, -0.2) is 16.8 Å². The standard InChI is InChI=1S/C13H18O2S/c1-3-4-5-9-16-12-8-6-7-11(10(12)2)13(14)15/h6-8H,3-5,9H2,1-2H3,(H,14,15). The highest BCUT2D eigenvalue weighted by molar-refractivity contribution is 7.99. The summed E-state index contributed by atoms with van der Waals surface area (Å²) in [6, 6.07) is 5.48. The van der Waals surface area contributed by atoms with Crippen molar-refractivity contribution in [2.75, 3.05) is 5.75 Å². The first-order valence-electron chi connectivity index (χ1n) is 5.62. The normalized spacial score (nSPS) is 10.4. The predicted molar refractivity (Wildman–Crippen MR) is 68.4 cm³/mol. The van der Waals surface area contributed by atoms with Gasteiger partial charge in [0.2, 0.25) is 0 Å². The third-order valence-corrected chi connectivity index (χ3v) is 3.77. The van der Waals surface area contributed by atoms with Gasteiger partial charge in [-0.1, -0.05) is 25.8 Å². The average Bonchev–Trinajstić information content (AvgIpc) is 2.26. The van der Waals surface area contributed by atoms with E-state index in [2.05, 4.69) is 6.92 Å². The molecule has 3 heteroatoms. The van der Waals surface area contributed by atoms with Gasteiger partial charge < -0.3 is 5.11 Å². The van der Waals surface area contributed by atoms with Crippen LogP contribution in [0.5, 0.6) is 0 Å². The van der Waals surface area contributed by atoms with E-state index >= 15 is 0 Å². The first-order chi connectivity index (χ1) is 7.66. The van der Waals surface area contributed by atoms with Crippen LogP contribution in [0.3, 0.4) is 0 Å². The molecule has 1 aromatic carbocycles. The molecular formula is C13H18O2S. The lowest BCUT2D eigenvalue weighted by atomic mass is 10.1. The summed E-state index contributed by atoms with van der Waals surface area (Å²) in [5, 5.41) is 8.99. The van der Waals surface area contributed by atoms with Crippen molar-refractivity contribution < 1.29 is 9.90 Å². The molecule has 1 rings (SSSR count). The molecule has 0 fully saturated rings. The Balaban J connectivity index is 2.66. The number of carboxylic acids is 1. The van der Waals surface area contributed by atoms with Gasteiger partial charge in [-0.3, -0.25) is 0 Å². The van der Waals surface area contributed by atoms with Gasteiger partial charge in [-0.15, -0.1) is 11.8 Å². The van der Waals surface area contributed by atoms with Crippen LogP contribution < -0.4 is 0 Å². The zero-order chi connectivity index (χ0) is 12.0. The Labute approximate surface area is 101 Å². The number of carbonyl (C=O) groups is 1. The lowest BCUT2D eigenvalue weighted by Crippen LogP contribution is -2.00. The number of hydrogen-bond donors (Lipinski definition) is 1. The summed E-state index contributed by atoms with van der Waals surface area (Å²) in [5.74, 6) is 0.228. The van der Waals surface area contributed by atoms with E-state index in [1.807, 2.05) is 19.1 Å². The molecule has 0 aromatic heterocycles. The molecule has 0 atom stereocenters. The van der Waals surface area contributed by atoms with Gasteiger partial charge in [0.15, 0.2) is 0 Å². The number of thioether (sulfide) groups is 1.